The molecule has 176 valence electrons. The molecule has 34 heavy (non-hydrogen) atoms. The quantitative estimate of drug-likeness (QED) is 0.377. The molecule has 0 saturated heterocycles. The van der Waals surface area contributed by atoms with Crippen molar-refractivity contribution in [2.75, 3.05) is 0 Å². The first-order chi connectivity index (χ1) is 16.2. The summed E-state index contributed by atoms with van der Waals surface area (Å²) in [5.74, 6) is 1.09. The maximum Gasteiger partial charge on any atom is 0.261 e. The van der Waals surface area contributed by atoms with E-state index in [1.54, 1.807) is 34.9 Å². The molecule has 2 aromatic carbocycles. The standard InChI is InChI=1S/C28H31N3O3/c1-6-24(25-29-23-12-8-7-11-22(23)27(33)30(25)5)31(18-21-10-9-17-34-21)26(32)19-13-15-20(16-14-19)28(2,3)4/h7-17,24H,6,18H2,1-5H3/t24-/m0/s1. The Morgan fingerprint density at radius 1 is 1.06 bits per heavy atom. The Balaban J connectivity index is 1.80. The topological polar surface area (TPSA) is 68.3 Å². The molecular weight excluding hydrogens is 426 g/mol. The molecule has 1 atom stereocenters. The number of rotatable bonds is 6. The monoisotopic (exact) mass is 457 g/mol. The number of carbonyl (C=O) groups excluding carboxylic acids is 1. The Morgan fingerprint density at radius 2 is 1.76 bits per heavy atom. The molecule has 0 radical (unpaired) electrons. The zero-order valence-electron chi connectivity index (χ0n) is 20.4. The number of benzene rings is 2. The van der Waals surface area contributed by atoms with Crippen molar-refractivity contribution in [1.29, 1.82) is 0 Å². The molecular formula is C28H31N3O3. The highest BCUT2D eigenvalue weighted by Crippen LogP contribution is 2.28. The first kappa shape index (κ1) is 23.5. The van der Waals surface area contributed by atoms with E-state index >= 15 is 0 Å². The van der Waals surface area contributed by atoms with E-state index in [-0.39, 0.29) is 23.4 Å². The number of hydrogen-bond acceptors (Lipinski definition) is 4. The van der Waals surface area contributed by atoms with Crippen LogP contribution in [-0.2, 0) is 19.0 Å². The van der Waals surface area contributed by atoms with Crippen LogP contribution < -0.4 is 5.56 Å². The molecule has 6 heteroatoms. The number of amides is 1. The molecule has 0 bridgehead atoms. The van der Waals surface area contributed by atoms with Crippen LogP contribution in [0, 0.1) is 0 Å². The smallest absolute Gasteiger partial charge is 0.261 e. The summed E-state index contributed by atoms with van der Waals surface area (Å²) in [5, 5.41) is 0.560. The highest BCUT2D eigenvalue weighted by atomic mass is 16.3. The van der Waals surface area contributed by atoms with Crippen molar-refractivity contribution in [2.24, 2.45) is 7.05 Å². The SMILES string of the molecule is CC[C@@H](c1nc2ccccc2c(=O)n1C)N(Cc1ccco1)C(=O)c1ccc(C(C)(C)C)cc1. The van der Waals surface area contributed by atoms with Crippen LogP contribution in [0.25, 0.3) is 10.9 Å². The summed E-state index contributed by atoms with van der Waals surface area (Å²) in [6.07, 6.45) is 2.19. The zero-order valence-corrected chi connectivity index (χ0v) is 20.4. The largest absolute Gasteiger partial charge is 0.467 e. The molecule has 0 aliphatic rings. The first-order valence-corrected chi connectivity index (χ1v) is 11.6. The van der Waals surface area contributed by atoms with Crippen molar-refractivity contribution in [3.8, 4) is 0 Å². The fourth-order valence-electron chi connectivity index (χ4n) is 4.25. The van der Waals surface area contributed by atoms with Crippen molar-refractivity contribution >= 4 is 16.8 Å². The van der Waals surface area contributed by atoms with Gasteiger partial charge in [0.2, 0.25) is 0 Å². The molecule has 2 heterocycles. The van der Waals surface area contributed by atoms with Crippen LogP contribution in [0.5, 0.6) is 0 Å². The molecule has 0 saturated carbocycles. The van der Waals surface area contributed by atoms with Gasteiger partial charge < -0.3 is 9.32 Å². The lowest BCUT2D eigenvalue weighted by Crippen LogP contribution is -2.38. The Bertz CT molecular complexity index is 1350. The van der Waals surface area contributed by atoms with E-state index in [1.165, 1.54) is 0 Å². The zero-order chi connectivity index (χ0) is 24.5. The molecule has 4 aromatic rings. The highest BCUT2D eigenvalue weighted by molar-refractivity contribution is 5.94. The lowest BCUT2D eigenvalue weighted by molar-refractivity contribution is 0.0622. The van der Waals surface area contributed by atoms with Crippen LogP contribution in [0.4, 0.5) is 0 Å². The van der Waals surface area contributed by atoms with E-state index < -0.39 is 6.04 Å². The molecule has 0 aliphatic carbocycles. The number of hydrogen-bond donors (Lipinski definition) is 0. The molecule has 1 amide bonds. The predicted molar refractivity (Wildman–Crippen MR) is 134 cm³/mol. The van der Waals surface area contributed by atoms with Gasteiger partial charge in [0.1, 0.15) is 11.6 Å². The van der Waals surface area contributed by atoms with Gasteiger partial charge in [-0.25, -0.2) is 4.98 Å². The summed E-state index contributed by atoms with van der Waals surface area (Å²) in [4.78, 5) is 33.5. The maximum absolute atomic E-state index is 13.8. The molecule has 2 aromatic heterocycles. The van der Waals surface area contributed by atoms with Gasteiger partial charge in [-0.3, -0.25) is 14.2 Å². The minimum atomic E-state index is -0.415. The number of fused-ring (bicyclic) bond motifs is 1. The van der Waals surface area contributed by atoms with Gasteiger partial charge in [-0.2, -0.15) is 0 Å². The van der Waals surface area contributed by atoms with E-state index in [2.05, 4.69) is 20.8 Å². The first-order valence-electron chi connectivity index (χ1n) is 11.6. The normalized spacial score (nSPS) is 12.6. The number of furan rings is 1. The van der Waals surface area contributed by atoms with Gasteiger partial charge in [-0.05, 0) is 53.8 Å². The summed E-state index contributed by atoms with van der Waals surface area (Å²) in [6.45, 7) is 8.70. The van der Waals surface area contributed by atoms with E-state index in [0.717, 1.165) is 5.56 Å². The van der Waals surface area contributed by atoms with Crippen molar-refractivity contribution in [3.05, 3.63) is 100.0 Å². The Labute approximate surface area is 199 Å². The second-order valence-corrected chi connectivity index (χ2v) is 9.62. The van der Waals surface area contributed by atoms with E-state index in [9.17, 15) is 9.59 Å². The molecule has 4 rings (SSSR count). The van der Waals surface area contributed by atoms with Gasteiger partial charge in [0.25, 0.3) is 11.5 Å². The van der Waals surface area contributed by atoms with Gasteiger partial charge in [0.15, 0.2) is 0 Å². The molecule has 0 fully saturated rings. The molecule has 0 aliphatic heterocycles. The Morgan fingerprint density at radius 3 is 2.38 bits per heavy atom. The molecule has 0 spiro atoms. The average molecular weight is 458 g/mol. The lowest BCUT2D eigenvalue weighted by atomic mass is 9.86. The van der Waals surface area contributed by atoms with E-state index in [0.29, 0.717) is 34.5 Å². The number of nitrogens with zero attached hydrogens (tertiary/aromatic N) is 3. The van der Waals surface area contributed by atoms with Crippen LogP contribution in [0.2, 0.25) is 0 Å². The maximum atomic E-state index is 13.8. The minimum Gasteiger partial charge on any atom is -0.467 e. The second-order valence-electron chi connectivity index (χ2n) is 9.62. The fraction of sp³-hybridized carbons (Fsp3) is 0.321. The summed E-state index contributed by atoms with van der Waals surface area (Å²) in [6, 6.07) is 18.3. The van der Waals surface area contributed by atoms with Crippen molar-refractivity contribution in [1.82, 2.24) is 14.5 Å². The minimum absolute atomic E-state index is 0.00528. The summed E-state index contributed by atoms with van der Waals surface area (Å²) < 4.78 is 7.14. The van der Waals surface area contributed by atoms with Gasteiger partial charge >= 0.3 is 0 Å². The van der Waals surface area contributed by atoms with Crippen LogP contribution in [-0.4, -0.2) is 20.4 Å². The summed E-state index contributed by atoms with van der Waals surface area (Å²) >= 11 is 0. The molecule has 6 nitrogen and oxygen atoms in total. The van der Waals surface area contributed by atoms with Gasteiger partial charge in [-0.15, -0.1) is 0 Å². The lowest BCUT2D eigenvalue weighted by Gasteiger charge is -2.31. The Kier molecular flexibility index (Phi) is 6.42. The third kappa shape index (κ3) is 4.53. The number of aromatic nitrogens is 2. The highest BCUT2D eigenvalue weighted by Gasteiger charge is 2.29. The average Bonchev–Trinajstić information content (AvgIpc) is 3.34. The predicted octanol–water partition coefficient (Wildman–Crippen LogP) is 5.62. The third-order valence-electron chi connectivity index (χ3n) is 6.24. The van der Waals surface area contributed by atoms with Crippen LogP contribution >= 0.6 is 0 Å². The molecule has 0 N–H and O–H groups in total. The van der Waals surface area contributed by atoms with E-state index in [4.69, 9.17) is 9.40 Å². The number of para-hydroxylation sites is 1. The number of carbonyl (C=O) groups is 1. The van der Waals surface area contributed by atoms with E-state index in [1.807, 2.05) is 55.5 Å². The van der Waals surface area contributed by atoms with Crippen LogP contribution in [0.1, 0.15) is 67.7 Å². The molecule has 0 unspecified atom stereocenters. The van der Waals surface area contributed by atoms with Crippen LogP contribution in [0.3, 0.4) is 0 Å². The Hall–Kier alpha value is -3.67. The van der Waals surface area contributed by atoms with Crippen molar-refractivity contribution in [3.63, 3.8) is 0 Å². The van der Waals surface area contributed by atoms with Crippen molar-refractivity contribution in [2.45, 2.75) is 52.1 Å². The van der Waals surface area contributed by atoms with Crippen molar-refractivity contribution < 1.29 is 9.21 Å². The summed E-state index contributed by atoms with van der Waals surface area (Å²) in [7, 11) is 1.72. The third-order valence-corrected chi connectivity index (χ3v) is 6.24. The van der Waals surface area contributed by atoms with Gasteiger partial charge in [0.05, 0.1) is 29.8 Å². The van der Waals surface area contributed by atoms with Crippen LogP contribution in [0.15, 0.2) is 76.1 Å². The second kappa shape index (κ2) is 9.29. The van der Waals surface area contributed by atoms with Gasteiger partial charge in [-0.1, -0.05) is 52.0 Å². The summed E-state index contributed by atoms with van der Waals surface area (Å²) in [5.41, 5.74) is 2.24. The fourth-order valence-corrected chi connectivity index (χ4v) is 4.25. The van der Waals surface area contributed by atoms with Gasteiger partial charge in [0, 0.05) is 12.6 Å².